The van der Waals surface area contributed by atoms with Crippen molar-refractivity contribution >= 4 is 5.69 Å². The lowest BCUT2D eigenvalue weighted by Crippen LogP contribution is -1.99. The zero-order chi connectivity index (χ0) is 8.60. The van der Waals surface area contributed by atoms with E-state index >= 15 is 0 Å². The Kier molecular flexibility index (Phi) is 1.34. The minimum Gasteiger partial charge on any atom is -0.399 e. The minimum atomic E-state index is -0.213. The average Bonchev–Trinajstić information content (AvgIpc) is 2.84. The Morgan fingerprint density at radius 2 is 2.17 bits per heavy atom. The normalized spacial score (nSPS) is 18.2. The van der Waals surface area contributed by atoms with Crippen LogP contribution >= 0.6 is 0 Å². The van der Waals surface area contributed by atoms with E-state index in [-0.39, 0.29) is 5.54 Å². The molecule has 0 bridgehead atoms. The molecule has 2 nitrogen and oxygen atoms in total. The van der Waals surface area contributed by atoms with Gasteiger partial charge in [-0.05, 0) is 12.1 Å². The number of nitrogens with zero attached hydrogens (tertiary/aromatic N) is 1. The summed E-state index contributed by atoms with van der Waals surface area (Å²) in [6.07, 6.45) is 1.97. The molecule has 0 spiro atoms. The largest absolute Gasteiger partial charge is 0.399 e. The Labute approximate surface area is 71.8 Å². The summed E-state index contributed by atoms with van der Waals surface area (Å²) >= 11 is 0. The molecule has 1 aromatic carbocycles. The van der Waals surface area contributed by atoms with Gasteiger partial charge in [0.25, 0.3) is 5.54 Å². The first-order valence-electron chi connectivity index (χ1n) is 4.01. The molecule has 0 unspecified atom stereocenters. The Hall–Kier alpha value is -1.49. The maximum absolute atomic E-state index is 7.06. The van der Waals surface area contributed by atoms with Crippen molar-refractivity contribution in [3.05, 3.63) is 41.2 Å². The molecule has 0 amide bonds. The van der Waals surface area contributed by atoms with E-state index in [1.807, 2.05) is 24.3 Å². The fraction of sp³-hybridized carbons (Fsp3) is 0.300. The predicted molar refractivity (Wildman–Crippen MR) is 48.4 cm³/mol. The van der Waals surface area contributed by atoms with Gasteiger partial charge in [-0.1, -0.05) is 12.1 Å². The fourth-order valence-corrected chi connectivity index (χ4v) is 1.41. The Morgan fingerprint density at radius 3 is 2.67 bits per heavy atom. The van der Waals surface area contributed by atoms with Crippen molar-refractivity contribution in [3.8, 4) is 0 Å². The van der Waals surface area contributed by atoms with Crippen molar-refractivity contribution in [1.29, 1.82) is 0 Å². The Bertz CT molecular complexity index is 345. The lowest BCUT2D eigenvalue weighted by molar-refractivity contribution is 0.885. The second-order valence-electron chi connectivity index (χ2n) is 3.27. The zero-order valence-corrected chi connectivity index (χ0v) is 6.75. The highest BCUT2D eigenvalue weighted by Crippen LogP contribution is 2.49. The van der Waals surface area contributed by atoms with Gasteiger partial charge in [-0.15, -0.1) is 0 Å². The summed E-state index contributed by atoms with van der Waals surface area (Å²) in [4.78, 5) is 3.64. The molecule has 12 heavy (non-hydrogen) atoms. The lowest BCUT2D eigenvalue weighted by atomic mass is 10.1. The first kappa shape index (κ1) is 7.17. The molecule has 0 atom stereocenters. The lowest BCUT2D eigenvalue weighted by Gasteiger charge is -2.02. The van der Waals surface area contributed by atoms with Gasteiger partial charge in [-0.3, -0.25) is 0 Å². The van der Waals surface area contributed by atoms with Crippen LogP contribution in [-0.2, 0) is 5.54 Å². The molecule has 0 aromatic heterocycles. The van der Waals surface area contributed by atoms with Crippen LogP contribution in [0.3, 0.4) is 0 Å². The van der Waals surface area contributed by atoms with Crippen LogP contribution in [0.25, 0.3) is 4.85 Å². The summed E-state index contributed by atoms with van der Waals surface area (Å²) in [6, 6.07) is 7.66. The van der Waals surface area contributed by atoms with Crippen LogP contribution in [0.2, 0.25) is 0 Å². The Balaban J connectivity index is 2.42. The molecule has 0 heterocycles. The van der Waals surface area contributed by atoms with Gasteiger partial charge in [0, 0.05) is 24.1 Å². The van der Waals surface area contributed by atoms with Gasteiger partial charge < -0.3 is 10.6 Å². The monoisotopic (exact) mass is 158 g/mol. The number of nitrogen functional groups attached to an aromatic ring is 1. The molecule has 2 heteroatoms. The van der Waals surface area contributed by atoms with Crippen LogP contribution < -0.4 is 5.73 Å². The number of nitrogens with two attached hydrogens (primary N) is 1. The van der Waals surface area contributed by atoms with E-state index in [4.69, 9.17) is 12.3 Å². The molecule has 1 saturated carbocycles. The summed E-state index contributed by atoms with van der Waals surface area (Å²) in [5, 5.41) is 0. The minimum absolute atomic E-state index is 0.213. The van der Waals surface area contributed by atoms with Gasteiger partial charge in [0.2, 0.25) is 0 Å². The van der Waals surface area contributed by atoms with E-state index < -0.39 is 0 Å². The smallest absolute Gasteiger partial charge is 0.258 e. The third-order valence-electron chi connectivity index (χ3n) is 2.36. The van der Waals surface area contributed by atoms with E-state index in [1.165, 1.54) is 0 Å². The number of anilines is 1. The molecule has 1 aliphatic carbocycles. The molecule has 60 valence electrons. The molecule has 1 aliphatic rings. The molecule has 2 N–H and O–H groups in total. The first-order chi connectivity index (χ1) is 5.77. The molecular formula is C10H10N2. The third-order valence-corrected chi connectivity index (χ3v) is 2.36. The summed E-state index contributed by atoms with van der Waals surface area (Å²) in [6.45, 7) is 7.06. The predicted octanol–water partition coefficient (Wildman–Crippen LogP) is 2.18. The number of hydrogen-bond donors (Lipinski definition) is 1. The van der Waals surface area contributed by atoms with E-state index in [0.717, 1.165) is 24.1 Å². The number of benzene rings is 1. The van der Waals surface area contributed by atoms with Crippen molar-refractivity contribution in [2.45, 2.75) is 18.4 Å². The van der Waals surface area contributed by atoms with Crippen molar-refractivity contribution < 1.29 is 0 Å². The van der Waals surface area contributed by atoms with Crippen LogP contribution in [0.4, 0.5) is 5.69 Å². The number of rotatable bonds is 1. The standard InChI is InChI=1S/C10H10N2/c1-12-10(5-6-10)8-3-2-4-9(11)7-8/h2-4,7H,5-6,11H2. The van der Waals surface area contributed by atoms with Gasteiger partial charge >= 0.3 is 0 Å². The highest BCUT2D eigenvalue weighted by molar-refractivity contribution is 5.46. The highest BCUT2D eigenvalue weighted by atomic mass is 14.9. The Morgan fingerprint density at radius 1 is 1.42 bits per heavy atom. The van der Waals surface area contributed by atoms with E-state index in [0.29, 0.717) is 0 Å². The van der Waals surface area contributed by atoms with Crippen LogP contribution in [0.15, 0.2) is 24.3 Å². The van der Waals surface area contributed by atoms with Gasteiger partial charge in [0.05, 0.1) is 0 Å². The summed E-state index contributed by atoms with van der Waals surface area (Å²) in [5.41, 5.74) is 7.26. The quantitative estimate of drug-likeness (QED) is 0.492. The fourth-order valence-electron chi connectivity index (χ4n) is 1.41. The van der Waals surface area contributed by atoms with Gasteiger partial charge in [-0.2, -0.15) is 0 Å². The van der Waals surface area contributed by atoms with Gasteiger partial charge in [-0.25, -0.2) is 6.57 Å². The van der Waals surface area contributed by atoms with Crippen molar-refractivity contribution in [2.75, 3.05) is 5.73 Å². The SMILES string of the molecule is [C-]#[N+]C1(c2cccc(N)c2)CC1. The molecule has 1 aromatic rings. The average molecular weight is 158 g/mol. The zero-order valence-electron chi connectivity index (χ0n) is 6.75. The highest BCUT2D eigenvalue weighted by Gasteiger charge is 2.52. The van der Waals surface area contributed by atoms with Crippen LogP contribution in [0.1, 0.15) is 18.4 Å². The van der Waals surface area contributed by atoms with Crippen molar-refractivity contribution in [2.24, 2.45) is 0 Å². The van der Waals surface area contributed by atoms with E-state index in [1.54, 1.807) is 0 Å². The van der Waals surface area contributed by atoms with Gasteiger partial charge in [0.1, 0.15) is 0 Å². The second-order valence-corrected chi connectivity index (χ2v) is 3.27. The van der Waals surface area contributed by atoms with Gasteiger partial charge in [0.15, 0.2) is 0 Å². The molecule has 0 radical (unpaired) electrons. The molecule has 2 rings (SSSR count). The molecule has 0 aliphatic heterocycles. The summed E-state index contributed by atoms with van der Waals surface area (Å²) in [7, 11) is 0. The van der Waals surface area contributed by atoms with Crippen molar-refractivity contribution in [1.82, 2.24) is 0 Å². The summed E-state index contributed by atoms with van der Waals surface area (Å²) in [5.74, 6) is 0. The van der Waals surface area contributed by atoms with Crippen LogP contribution in [0, 0.1) is 6.57 Å². The molecule has 0 saturated heterocycles. The second kappa shape index (κ2) is 2.25. The first-order valence-corrected chi connectivity index (χ1v) is 4.01. The topological polar surface area (TPSA) is 30.4 Å². The summed E-state index contributed by atoms with van der Waals surface area (Å²) < 4.78 is 0. The van der Waals surface area contributed by atoms with Crippen LogP contribution in [-0.4, -0.2) is 0 Å². The maximum Gasteiger partial charge on any atom is 0.258 e. The van der Waals surface area contributed by atoms with E-state index in [2.05, 4.69) is 4.85 Å². The third kappa shape index (κ3) is 0.947. The number of hydrogen-bond acceptors (Lipinski definition) is 1. The van der Waals surface area contributed by atoms with Crippen molar-refractivity contribution in [3.63, 3.8) is 0 Å². The molecule has 1 fully saturated rings. The van der Waals surface area contributed by atoms with Crippen LogP contribution in [0.5, 0.6) is 0 Å². The van der Waals surface area contributed by atoms with E-state index in [9.17, 15) is 0 Å². The molecular weight excluding hydrogens is 148 g/mol. The maximum atomic E-state index is 7.06.